The van der Waals surface area contributed by atoms with Gasteiger partial charge in [-0.2, -0.15) is 0 Å². The fourth-order valence-corrected chi connectivity index (χ4v) is 2.80. The number of hydrogen-bond acceptors (Lipinski definition) is 2. The summed E-state index contributed by atoms with van der Waals surface area (Å²) in [5.41, 5.74) is 2.78. The third kappa shape index (κ3) is 8.55. The number of allylic oxidation sites excluding steroid dienone is 5. The molecule has 0 aromatic rings. The molecular weight excluding hydrogens is 270 g/mol. The van der Waals surface area contributed by atoms with Crippen LogP contribution in [0.3, 0.4) is 0 Å². The van der Waals surface area contributed by atoms with E-state index in [-0.39, 0.29) is 18.2 Å². The molecule has 0 spiro atoms. The van der Waals surface area contributed by atoms with Crippen molar-refractivity contribution in [3.8, 4) is 0 Å². The Morgan fingerprint density at radius 2 is 1.64 bits per heavy atom. The summed E-state index contributed by atoms with van der Waals surface area (Å²) in [6.45, 7) is 17.6. The van der Waals surface area contributed by atoms with Crippen LogP contribution in [-0.4, -0.2) is 23.3 Å². The smallest absolute Gasteiger partial charge is 0.0620 e. The normalized spacial score (nSPS) is 16.4. The lowest BCUT2D eigenvalue weighted by Crippen LogP contribution is -2.49. The molecule has 0 radical (unpaired) electrons. The van der Waals surface area contributed by atoms with Crippen LogP contribution in [0.15, 0.2) is 35.5 Å². The molecule has 22 heavy (non-hydrogen) atoms. The molecule has 0 bridgehead atoms. The van der Waals surface area contributed by atoms with Gasteiger partial charge < -0.3 is 10.4 Å². The van der Waals surface area contributed by atoms with Crippen LogP contribution < -0.4 is 5.32 Å². The standard InChI is InChI=1S/C20H37NO/c1-9-11-16(3)17(4)12-13-18(14-22)21-20(7,8)15-19(5,6)10-2/h9,11-13,18,21-22H,10,14-15H2,1-8H3. The van der Waals surface area contributed by atoms with Crippen molar-refractivity contribution in [1.29, 1.82) is 0 Å². The summed E-state index contributed by atoms with van der Waals surface area (Å²) in [4.78, 5) is 0. The number of rotatable bonds is 9. The SMILES string of the molecule is CC=CC(C)=C(C)C=CC(CO)NC(C)(C)CC(C)(C)CC. The fraction of sp³-hybridized carbons (Fsp3) is 0.700. The monoisotopic (exact) mass is 307 g/mol. The van der Waals surface area contributed by atoms with Gasteiger partial charge in [-0.3, -0.25) is 0 Å². The molecule has 0 heterocycles. The summed E-state index contributed by atoms with van der Waals surface area (Å²) in [5.74, 6) is 0. The van der Waals surface area contributed by atoms with E-state index in [1.54, 1.807) is 0 Å². The highest BCUT2D eigenvalue weighted by atomic mass is 16.3. The zero-order valence-electron chi connectivity index (χ0n) is 16.0. The van der Waals surface area contributed by atoms with Gasteiger partial charge in [-0.15, -0.1) is 0 Å². The molecule has 0 rings (SSSR count). The minimum atomic E-state index is -0.0176. The first-order valence-corrected chi connectivity index (χ1v) is 8.44. The van der Waals surface area contributed by atoms with Gasteiger partial charge in [-0.05, 0) is 57.6 Å². The zero-order chi connectivity index (χ0) is 17.4. The van der Waals surface area contributed by atoms with Gasteiger partial charge in [0.15, 0.2) is 0 Å². The van der Waals surface area contributed by atoms with Crippen LogP contribution in [0.5, 0.6) is 0 Å². The molecule has 1 atom stereocenters. The van der Waals surface area contributed by atoms with Crippen LogP contribution >= 0.6 is 0 Å². The second kappa shape index (κ2) is 9.32. The lowest BCUT2D eigenvalue weighted by Gasteiger charge is -2.37. The number of nitrogens with one attached hydrogen (secondary N) is 1. The molecule has 0 aliphatic carbocycles. The van der Waals surface area contributed by atoms with Crippen molar-refractivity contribution < 1.29 is 5.11 Å². The molecule has 0 aromatic carbocycles. The Hall–Kier alpha value is -0.860. The molecule has 0 aliphatic rings. The first-order chi connectivity index (χ1) is 10.1. The van der Waals surface area contributed by atoms with E-state index in [2.05, 4.69) is 72.0 Å². The predicted octanol–water partition coefficient (Wildman–Crippen LogP) is 5.01. The van der Waals surface area contributed by atoms with Crippen molar-refractivity contribution >= 4 is 0 Å². The summed E-state index contributed by atoms with van der Waals surface area (Å²) in [5, 5.41) is 13.2. The van der Waals surface area contributed by atoms with Crippen LogP contribution in [0.25, 0.3) is 0 Å². The quantitative estimate of drug-likeness (QED) is 0.587. The van der Waals surface area contributed by atoms with Crippen molar-refractivity contribution in [2.24, 2.45) is 5.41 Å². The highest BCUT2D eigenvalue weighted by molar-refractivity contribution is 5.30. The van der Waals surface area contributed by atoms with E-state index in [9.17, 15) is 5.11 Å². The molecule has 0 fully saturated rings. The second-order valence-electron chi connectivity index (χ2n) is 7.74. The third-order valence-corrected chi connectivity index (χ3v) is 4.27. The summed E-state index contributed by atoms with van der Waals surface area (Å²) in [7, 11) is 0. The topological polar surface area (TPSA) is 32.3 Å². The van der Waals surface area contributed by atoms with Gasteiger partial charge >= 0.3 is 0 Å². The summed E-state index contributed by atoms with van der Waals surface area (Å²) in [6, 6.07) is -0.0176. The Morgan fingerprint density at radius 3 is 2.09 bits per heavy atom. The van der Waals surface area contributed by atoms with Crippen molar-refractivity contribution in [2.45, 2.75) is 79.8 Å². The fourth-order valence-electron chi connectivity index (χ4n) is 2.80. The Labute approximate surface area is 138 Å². The van der Waals surface area contributed by atoms with Crippen LogP contribution in [0, 0.1) is 5.41 Å². The van der Waals surface area contributed by atoms with Gasteiger partial charge in [0, 0.05) is 11.6 Å². The maximum atomic E-state index is 9.66. The second-order valence-corrected chi connectivity index (χ2v) is 7.74. The first-order valence-electron chi connectivity index (χ1n) is 8.44. The van der Waals surface area contributed by atoms with Gasteiger partial charge in [0.1, 0.15) is 0 Å². The molecule has 1 unspecified atom stereocenters. The van der Waals surface area contributed by atoms with Crippen molar-refractivity contribution in [3.05, 3.63) is 35.5 Å². The van der Waals surface area contributed by atoms with Crippen LogP contribution in [0.1, 0.15) is 68.2 Å². The van der Waals surface area contributed by atoms with Gasteiger partial charge in [0.2, 0.25) is 0 Å². The molecule has 2 N–H and O–H groups in total. The van der Waals surface area contributed by atoms with Crippen molar-refractivity contribution in [2.75, 3.05) is 6.61 Å². The van der Waals surface area contributed by atoms with E-state index in [1.807, 2.05) is 13.0 Å². The lowest BCUT2D eigenvalue weighted by atomic mass is 9.78. The van der Waals surface area contributed by atoms with Crippen molar-refractivity contribution in [3.63, 3.8) is 0 Å². The van der Waals surface area contributed by atoms with Gasteiger partial charge in [0.05, 0.1) is 6.61 Å². The predicted molar refractivity (Wildman–Crippen MR) is 99.1 cm³/mol. The molecule has 0 saturated carbocycles. The Kier molecular flexibility index (Phi) is 8.95. The van der Waals surface area contributed by atoms with Crippen molar-refractivity contribution in [1.82, 2.24) is 5.32 Å². The average Bonchev–Trinajstić information content (AvgIpc) is 2.42. The Morgan fingerprint density at radius 1 is 1.09 bits per heavy atom. The third-order valence-electron chi connectivity index (χ3n) is 4.27. The highest BCUT2D eigenvalue weighted by Gasteiger charge is 2.28. The minimum absolute atomic E-state index is 0.00671. The first kappa shape index (κ1) is 21.1. The molecule has 0 aromatic heterocycles. The van der Waals surface area contributed by atoms with Gasteiger partial charge in [-0.1, -0.05) is 51.5 Å². The maximum Gasteiger partial charge on any atom is 0.0620 e. The van der Waals surface area contributed by atoms with Gasteiger partial charge in [0.25, 0.3) is 0 Å². The average molecular weight is 308 g/mol. The summed E-state index contributed by atoms with van der Waals surface area (Å²) >= 11 is 0. The van der Waals surface area contributed by atoms with Crippen LogP contribution in [0.2, 0.25) is 0 Å². The van der Waals surface area contributed by atoms with E-state index in [0.29, 0.717) is 5.41 Å². The largest absolute Gasteiger partial charge is 0.394 e. The lowest BCUT2D eigenvalue weighted by molar-refractivity contribution is 0.180. The molecule has 2 heteroatoms. The highest BCUT2D eigenvalue weighted by Crippen LogP contribution is 2.31. The molecular formula is C20H37NO. The Bertz CT molecular complexity index is 413. The van der Waals surface area contributed by atoms with Gasteiger partial charge in [-0.25, -0.2) is 0 Å². The molecule has 0 aliphatic heterocycles. The number of aliphatic hydroxyl groups excluding tert-OH is 1. The van der Waals surface area contributed by atoms with E-state index >= 15 is 0 Å². The molecule has 0 amide bonds. The summed E-state index contributed by atoms with van der Waals surface area (Å²) < 4.78 is 0. The number of hydrogen-bond donors (Lipinski definition) is 2. The van der Waals surface area contributed by atoms with Crippen LogP contribution in [0.4, 0.5) is 0 Å². The van der Waals surface area contributed by atoms with E-state index in [4.69, 9.17) is 0 Å². The summed E-state index contributed by atoms with van der Waals surface area (Å²) in [6.07, 6.45) is 10.6. The van der Waals surface area contributed by atoms with E-state index in [1.165, 1.54) is 11.1 Å². The maximum absolute atomic E-state index is 9.66. The number of aliphatic hydroxyl groups is 1. The molecule has 128 valence electrons. The zero-order valence-corrected chi connectivity index (χ0v) is 16.0. The van der Waals surface area contributed by atoms with E-state index < -0.39 is 0 Å². The molecule has 0 saturated heterocycles. The minimum Gasteiger partial charge on any atom is -0.394 e. The Balaban J connectivity index is 4.89. The van der Waals surface area contributed by atoms with Crippen LogP contribution in [-0.2, 0) is 0 Å². The van der Waals surface area contributed by atoms with E-state index in [0.717, 1.165) is 12.8 Å². The molecule has 2 nitrogen and oxygen atoms in total.